The molecule has 0 radical (unpaired) electrons. The highest BCUT2D eigenvalue weighted by molar-refractivity contribution is 6.79. The third-order valence-corrected chi connectivity index (χ3v) is 9.88. The Morgan fingerprint density at radius 1 is 0.500 bits per heavy atom. The van der Waals surface area contributed by atoms with Gasteiger partial charge in [0.25, 0.3) is 0 Å². The molecule has 0 fully saturated rings. The summed E-state index contributed by atoms with van der Waals surface area (Å²) in [4.78, 5) is -0.936. The third kappa shape index (κ3) is 15.8. The summed E-state index contributed by atoms with van der Waals surface area (Å²) in [5, 5.41) is 0. The quantitative estimate of drug-likeness (QED) is 0.0413. The van der Waals surface area contributed by atoms with E-state index in [1.165, 1.54) is 101 Å². The van der Waals surface area contributed by atoms with Gasteiger partial charge in [0, 0.05) is 12.6 Å². The summed E-state index contributed by atoms with van der Waals surface area (Å²) >= 11 is 0. The minimum atomic E-state index is -5.44. The minimum Gasteiger partial charge on any atom is -0.236 e. The largest absolute Gasteiger partial charge is 0.464 e. The Labute approximate surface area is 280 Å². The second-order valence-electron chi connectivity index (χ2n) is 14.0. The van der Waals surface area contributed by atoms with Crippen LogP contribution in [0.3, 0.4) is 0 Å². The predicted octanol–water partition coefficient (Wildman–Crippen LogP) is 13.6. The van der Waals surface area contributed by atoms with Gasteiger partial charge in [-0.15, -0.1) is 8.78 Å². The molecule has 0 saturated heterocycles. The summed E-state index contributed by atoms with van der Waals surface area (Å²) in [5.41, 5.74) is -0.129. The number of hydrogen-bond acceptors (Lipinski definition) is 0. The molecule has 1 aromatic carbocycles. The van der Waals surface area contributed by atoms with Gasteiger partial charge in [-0.2, -0.15) is 42.8 Å². The van der Waals surface area contributed by atoms with Crippen LogP contribution in [-0.2, 0) is 0 Å². The molecule has 0 amide bonds. The Balaban J connectivity index is 0.000000896. The van der Waals surface area contributed by atoms with Crippen LogP contribution in [0.15, 0.2) is 30.3 Å². The molecule has 0 aliphatic rings. The van der Waals surface area contributed by atoms with Gasteiger partial charge in [0.1, 0.15) is 5.69 Å². The smallest absolute Gasteiger partial charge is 0.236 e. The monoisotopic (exact) mass is 666 g/mol. The Bertz CT molecular complexity index is 790. The van der Waals surface area contributed by atoms with E-state index in [1.807, 2.05) is 6.92 Å². The van der Waals surface area contributed by atoms with Crippen LogP contribution in [0.25, 0.3) is 0 Å². The minimum absolute atomic E-state index is 0.0383. The molecule has 1 rings (SSSR count). The first-order valence-electron chi connectivity index (χ1n) is 19.1. The highest BCUT2D eigenvalue weighted by Crippen LogP contribution is 2.46. The van der Waals surface area contributed by atoms with E-state index in [0.717, 1.165) is 6.42 Å². The van der Waals surface area contributed by atoms with Gasteiger partial charge in [0.05, 0.1) is 6.54 Å². The van der Waals surface area contributed by atoms with Crippen LogP contribution in [0.2, 0.25) is 25.3 Å². The number of unbranched alkanes of at least 4 members (excludes halogenated alkanes) is 11. The molecule has 1 N–H and O–H groups in total. The first kappa shape index (κ1) is 44.8. The van der Waals surface area contributed by atoms with Crippen molar-refractivity contribution in [2.24, 2.45) is 0 Å². The van der Waals surface area contributed by atoms with Crippen molar-refractivity contribution in [3.63, 3.8) is 0 Å². The molecule has 272 valence electrons. The van der Waals surface area contributed by atoms with Crippen molar-refractivity contribution in [3.05, 3.63) is 30.3 Å². The number of halogens is 6. The van der Waals surface area contributed by atoms with Gasteiger partial charge in [0.15, 0.2) is 0 Å². The summed E-state index contributed by atoms with van der Waals surface area (Å²) in [6.45, 7) is 12.4. The maximum atomic E-state index is 14.5. The van der Waals surface area contributed by atoms with Gasteiger partial charge in [0.2, 0.25) is 0 Å². The van der Waals surface area contributed by atoms with Crippen molar-refractivity contribution >= 4 is 11.8 Å². The summed E-state index contributed by atoms with van der Waals surface area (Å²) < 4.78 is 85.5. The van der Waals surface area contributed by atoms with E-state index >= 15 is 0 Å². The molecule has 46 heavy (non-hydrogen) atoms. The topological polar surface area (TPSA) is 4.44 Å². The molecule has 1 atom stereocenters. The fourth-order valence-electron chi connectivity index (χ4n) is 6.90. The fourth-order valence-corrected chi connectivity index (χ4v) is 6.90. The van der Waals surface area contributed by atoms with Crippen LogP contribution in [-0.4, -0.2) is 30.6 Å². The maximum absolute atomic E-state index is 14.5. The SMILES string of the molecule is CCCCCCC(F)(F)C(F)(F)C(F)(F)[NH+](CCC)c1ccccc1.CCCCC[B-](CCCCC)(CCCCC)CCCCC. The molecule has 8 heteroatoms. The molecular weight excluding hydrogens is 595 g/mol. The molecule has 0 bridgehead atoms. The highest BCUT2D eigenvalue weighted by Gasteiger charge is 2.76. The maximum Gasteiger partial charge on any atom is 0.464 e. The zero-order valence-corrected chi connectivity index (χ0v) is 30.5. The van der Waals surface area contributed by atoms with Crippen LogP contribution in [0.5, 0.6) is 0 Å². The number of hydrogen-bond donors (Lipinski definition) is 1. The van der Waals surface area contributed by atoms with Gasteiger partial charge < -0.3 is 0 Å². The second kappa shape index (κ2) is 24.9. The molecule has 1 unspecified atom stereocenters. The van der Waals surface area contributed by atoms with Crippen molar-refractivity contribution in [2.45, 2.75) is 200 Å². The Morgan fingerprint density at radius 3 is 1.26 bits per heavy atom. The lowest BCUT2D eigenvalue weighted by Crippen LogP contribution is -3.17. The zero-order chi connectivity index (χ0) is 35.0. The average Bonchev–Trinajstić information content (AvgIpc) is 3.03. The number of alkyl halides is 6. The number of nitrogens with one attached hydrogen (secondary N) is 1. The predicted molar refractivity (Wildman–Crippen MR) is 189 cm³/mol. The van der Waals surface area contributed by atoms with Crippen molar-refractivity contribution < 1.29 is 31.2 Å². The van der Waals surface area contributed by atoms with Gasteiger partial charge in [-0.3, -0.25) is 0 Å². The van der Waals surface area contributed by atoms with Crippen LogP contribution >= 0.6 is 0 Å². The van der Waals surface area contributed by atoms with Gasteiger partial charge >= 0.3 is 17.9 Å². The van der Waals surface area contributed by atoms with Crippen LogP contribution in [0.1, 0.15) is 157 Å². The van der Waals surface area contributed by atoms with E-state index in [2.05, 4.69) is 27.7 Å². The summed E-state index contributed by atoms with van der Waals surface area (Å²) in [6.07, 6.45) is 24.0. The zero-order valence-electron chi connectivity index (χ0n) is 30.5. The number of quaternary nitrogens is 1. The molecule has 0 heterocycles. The Morgan fingerprint density at radius 2 is 0.891 bits per heavy atom. The van der Waals surface area contributed by atoms with E-state index in [1.54, 1.807) is 38.3 Å². The summed E-state index contributed by atoms with van der Waals surface area (Å²) in [6, 6.07) is 1.96. The average molecular weight is 666 g/mol. The molecule has 0 aromatic heterocycles. The van der Waals surface area contributed by atoms with Crippen molar-refractivity contribution in [1.29, 1.82) is 0 Å². The molecule has 1 aromatic rings. The third-order valence-electron chi connectivity index (χ3n) is 9.88. The molecule has 0 aliphatic carbocycles. The Hall–Kier alpha value is -1.18. The van der Waals surface area contributed by atoms with E-state index < -0.39 is 29.2 Å². The molecule has 1 nitrogen and oxygen atoms in total. The standard InChI is InChI=1S/C20H44B.C18H25F6N/c1-5-9-13-17-21(18-14-10-6-2,19-15-11-7-3)20-16-12-8-4;1-3-5-6-10-13-16(19,20)17(21,22)18(23,24)25(14-4-2)15-11-8-7-9-12-15/h5-20H2,1-4H3;7-9,11-12H,3-6,10,13-14H2,1-2H3/q-1;/p+1. The first-order chi connectivity index (χ1) is 21.9. The lowest BCUT2D eigenvalue weighted by molar-refractivity contribution is -0.948. The van der Waals surface area contributed by atoms with E-state index in [-0.39, 0.29) is 31.2 Å². The van der Waals surface area contributed by atoms with Crippen molar-refractivity contribution in [3.8, 4) is 0 Å². The highest BCUT2D eigenvalue weighted by atomic mass is 19.3. The molecule has 0 aliphatic heterocycles. The lowest BCUT2D eigenvalue weighted by atomic mass is 9.17. The fraction of sp³-hybridized carbons (Fsp3) is 0.842. The number of rotatable bonds is 27. The Kier molecular flexibility index (Phi) is 24.3. The van der Waals surface area contributed by atoms with Crippen LogP contribution in [0, 0.1) is 0 Å². The van der Waals surface area contributed by atoms with Gasteiger partial charge in [-0.25, -0.2) is 4.90 Å². The van der Waals surface area contributed by atoms with Gasteiger partial charge in [-0.1, -0.05) is 156 Å². The number of para-hydroxylation sites is 1. The van der Waals surface area contributed by atoms with Crippen molar-refractivity contribution in [2.75, 3.05) is 6.54 Å². The first-order valence-corrected chi connectivity index (χ1v) is 19.1. The second-order valence-corrected chi connectivity index (χ2v) is 14.0. The van der Waals surface area contributed by atoms with Crippen molar-refractivity contribution in [1.82, 2.24) is 0 Å². The molecular formula is C38H70BF6N. The summed E-state index contributed by atoms with van der Waals surface area (Å²) in [5.74, 6) is -10.2. The summed E-state index contributed by atoms with van der Waals surface area (Å²) in [7, 11) is 0. The normalized spacial score (nSPS) is 13.4. The van der Waals surface area contributed by atoms with E-state index in [0.29, 0.717) is 12.8 Å². The molecule has 0 saturated carbocycles. The van der Waals surface area contributed by atoms with Crippen LogP contribution < -0.4 is 4.90 Å². The lowest BCUT2D eigenvalue weighted by Gasteiger charge is -2.40. The van der Waals surface area contributed by atoms with E-state index in [4.69, 9.17) is 0 Å². The number of benzene rings is 1. The van der Waals surface area contributed by atoms with Gasteiger partial charge in [-0.05, 0) is 25.0 Å². The van der Waals surface area contributed by atoms with Crippen LogP contribution in [0.4, 0.5) is 32.0 Å². The molecule has 0 spiro atoms. The van der Waals surface area contributed by atoms with E-state index in [9.17, 15) is 26.3 Å².